The van der Waals surface area contributed by atoms with Crippen molar-refractivity contribution in [3.05, 3.63) is 138 Å². The predicted molar refractivity (Wildman–Crippen MR) is 137 cm³/mol. The first-order chi connectivity index (χ1) is 21.9. The molecule has 0 aliphatic heterocycles. The first-order valence-corrected chi connectivity index (χ1v) is 11.6. The Bertz CT molecular complexity index is 2170. The molecule has 1 fully saturated rings. The van der Waals surface area contributed by atoms with E-state index in [1.807, 2.05) is 0 Å². The smallest absolute Gasteiger partial charge is 0.262 e. The van der Waals surface area contributed by atoms with Crippen LogP contribution in [0.15, 0.2) is 29.1 Å². The summed E-state index contributed by atoms with van der Waals surface area (Å²) in [5.74, 6) is -18.4. The van der Waals surface area contributed by atoms with Crippen molar-refractivity contribution in [2.75, 3.05) is 0 Å². The van der Waals surface area contributed by atoms with Gasteiger partial charge >= 0.3 is 0 Å². The van der Waals surface area contributed by atoms with Crippen LogP contribution in [0.4, 0.5) is 46.5 Å². The van der Waals surface area contributed by atoms with Gasteiger partial charge in [0.2, 0.25) is 5.69 Å². The molecule has 4 rings (SSSR count). The van der Waals surface area contributed by atoms with Crippen molar-refractivity contribution in [1.29, 1.82) is 21.0 Å². The number of halogens is 8. The second-order valence-corrected chi connectivity index (χ2v) is 8.57. The molecule has 16 heteroatoms. The van der Waals surface area contributed by atoms with Gasteiger partial charge in [0, 0.05) is 18.0 Å². The van der Waals surface area contributed by atoms with Crippen LogP contribution < -0.4 is 0 Å². The summed E-state index contributed by atoms with van der Waals surface area (Å²) in [6.07, 6.45) is 1.69. The van der Waals surface area contributed by atoms with Crippen molar-refractivity contribution < 1.29 is 35.1 Å². The number of nitrogens with zero attached hydrogens (tertiary/aromatic N) is 8. The Morgan fingerprint density at radius 3 is 1.43 bits per heavy atom. The fraction of sp³-hybridized carbons (Fsp3) is 0. The van der Waals surface area contributed by atoms with Crippen molar-refractivity contribution in [3.8, 4) is 24.3 Å². The maximum Gasteiger partial charge on any atom is 0.262 e. The maximum absolute atomic E-state index is 15.1. The van der Waals surface area contributed by atoms with Crippen LogP contribution in [0, 0.1) is 112 Å². The summed E-state index contributed by atoms with van der Waals surface area (Å²) < 4.78 is 119. The SMILES string of the molecule is [C-]#[N+]/C(=C1/C(=C(\C#N)c2c(F)c(F)c(C#N)c(F)c2F)/C1=C(\C#N)c1c(F)c(F)c([N+]#[C-])c(F)c1F)c1c(C#N)cncc1[N+]#[C-]. The van der Waals surface area contributed by atoms with Gasteiger partial charge in [0.15, 0.2) is 52.2 Å². The van der Waals surface area contributed by atoms with E-state index in [1.165, 1.54) is 12.1 Å². The number of allylic oxidation sites excluding steroid dienone is 5. The second-order valence-electron chi connectivity index (χ2n) is 8.57. The maximum atomic E-state index is 15.1. The summed E-state index contributed by atoms with van der Waals surface area (Å²) in [4.78, 5) is 12.2. The number of hydrogen-bond acceptors (Lipinski definition) is 5. The van der Waals surface area contributed by atoms with Crippen molar-refractivity contribution in [2.45, 2.75) is 0 Å². The third-order valence-corrected chi connectivity index (χ3v) is 6.39. The van der Waals surface area contributed by atoms with Crippen molar-refractivity contribution in [2.24, 2.45) is 0 Å². The largest absolute Gasteiger partial charge is 0.275 e. The lowest BCUT2D eigenvalue weighted by atomic mass is 9.99. The highest BCUT2D eigenvalue weighted by molar-refractivity contribution is 6.12. The van der Waals surface area contributed by atoms with E-state index in [2.05, 4.69) is 19.5 Å². The van der Waals surface area contributed by atoms with Gasteiger partial charge in [-0.3, -0.25) is 4.98 Å². The van der Waals surface area contributed by atoms with E-state index in [9.17, 15) is 33.3 Å². The van der Waals surface area contributed by atoms with Gasteiger partial charge in [0.1, 0.15) is 23.8 Å². The van der Waals surface area contributed by atoms with E-state index in [0.717, 1.165) is 18.5 Å². The zero-order valence-corrected chi connectivity index (χ0v) is 21.8. The number of aromatic nitrogens is 1. The molecule has 0 unspecified atom stereocenters. The van der Waals surface area contributed by atoms with E-state index in [0.29, 0.717) is 0 Å². The number of nitriles is 4. The molecular formula is C30H2F8N8. The average molecular weight is 626 g/mol. The molecule has 0 bridgehead atoms. The third-order valence-electron chi connectivity index (χ3n) is 6.39. The van der Waals surface area contributed by atoms with E-state index in [4.69, 9.17) is 25.0 Å². The number of hydrogen-bond donors (Lipinski definition) is 0. The van der Waals surface area contributed by atoms with E-state index < -0.39 is 119 Å². The summed E-state index contributed by atoms with van der Waals surface area (Å²) in [7, 11) is 0. The lowest BCUT2D eigenvalue weighted by molar-refractivity contribution is 0.447. The van der Waals surface area contributed by atoms with Crippen LogP contribution >= 0.6 is 0 Å². The lowest BCUT2D eigenvalue weighted by Gasteiger charge is -2.08. The Hall–Kier alpha value is -7.32. The van der Waals surface area contributed by atoms with E-state index >= 15 is 17.6 Å². The second kappa shape index (κ2) is 11.8. The molecule has 8 nitrogen and oxygen atoms in total. The molecule has 218 valence electrons. The number of benzene rings is 2. The quantitative estimate of drug-likeness (QED) is 0.128. The zero-order valence-electron chi connectivity index (χ0n) is 21.8. The van der Waals surface area contributed by atoms with Gasteiger partial charge < -0.3 is 0 Å². The number of rotatable bonds is 3. The molecule has 2 aromatic carbocycles. The first kappa shape index (κ1) is 31.6. The molecule has 0 atom stereocenters. The fourth-order valence-corrected chi connectivity index (χ4v) is 4.39. The molecule has 0 saturated heterocycles. The van der Waals surface area contributed by atoms with Gasteiger partial charge in [-0.2, -0.15) is 21.0 Å². The summed E-state index contributed by atoms with van der Waals surface area (Å²) in [5, 5.41) is 38.4. The molecule has 1 saturated carbocycles. The van der Waals surface area contributed by atoms with Crippen LogP contribution in [-0.2, 0) is 0 Å². The van der Waals surface area contributed by atoms with Gasteiger partial charge in [-0.25, -0.2) is 49.7 Å². The van der Waals surface area contributed by atoms with Gasteiger partial charge in [-0.15, -0.1) is 0 Å². The normalized spacial score (nSPS) is 14.7. The van der Waals surface area contributed by atoms with E-state index in [1.54, 1.807) is 6.07 Å². The third kappa shape index (κ3) is 4.43. The molecule has 3 aromatic rings. The minimum absolute atomic E-state index is 0.515. The molecule has 1 heterocycles. The molecule has 0 spiro atoms. The van der Waals surface area contributed by atoms with Crippen molar-refractivity contribution in [3.63, 3.8) is 0 Å². The molecule has 1 aliphatic rings. The van der Waals surface area contributed by atoms with Crippen LogP contribution in [-0.4, -0.2) is 4.98 Å². The zero-order chi connectivity index (χ0) is 34.2. The van der Waals surface area contributed by atoms with Gasteiger partial charge in [-0.1, -0.05) is 0 Å². The average Bonchev–Trinajstić information content (AvgIpc) is 3.77. The molecule has 0 amide bonds. The summed E-state index contributed by atoms with van der Waals surface area (Å²) in [6, 6.07) is 4.86. The standard InChI is InChI=1S/C30H2F8N8/c1-43-14-9-46-8-10(4-39)15(14)29(44-2)20-16(11(5-40)18-23(33)21(31)13(7-42)22(32)24(18)34)17(20)12(6-41)19-25(35)27(37)30(45-3)28(38)26(19)36/h8-9H/b16-11+,17-12-,29-20-. The predicted octanol–water partition coefficient (Wildman–Crippen LogP) is 7.64. The molecule has 46 heavy (non-hydrogen) atoms. The lowest BCUT2D eigenvalue weighted by Crippen LogP contribution is -2.06. The van der Waals surface area contributed by atoms with Gasteiger partial charge in [-0.05, 0) is 16.7 Å². The van der Waals surface area contributed by atoms with Gasteiger partial charge in [0.25, 0.3) is 5.69 Å². The Morgan fingerprint density at radius 2 is 1.07 bits per heavy atom. The molecular weight excluding hydrogens is 624 g/mol. The fourth-order valence-electron chi connectivity index (χ4n) is 4.39. The van der Waals surface area contributed by atoms with Crippen molar-refractivity contribution >= 4 is 28.2 Å². The van der Waals surface area contributed by atoms with Crippen LogP contribution in [0.5, 0.6) is 0 Å². The summed E-state index contributed by atoms with van der Waals surface area (Å²) >= 11 is 0. The van der Waals surface area contributed by atoms with Crippen LogP contribution in [0.25, 0.3) is 31.4 Å². The molecule has 0 radical (unpaired) electrons. The molecule has 1 aliphatic carbocycles. The summed E-state index contributed by atoms with van der Waals surface area (Å²) in [6.45, 7) is 21.9. The minimum atomic E-state index is -2.33. The van der Waals surface area contributed by atoms with Crippen molar-refractivity contribution in [1.82, 2.24) is 4.98 Å². The van der Waals surface area contributed by atoms with Crippen LogP contribution in [0.2, 0.25) is 0 Å². The summed E-state index contributed by atoms with van der Waals surface area (Å²) in [5.41, 5.74) is -15.4. The highest BCUT2D eigenvalue weighted by Crippen LogP contribution is 2.58. The monoisotopic (exact) mass is 626 g/mol. The highest BCUT2D eigenvalue weighted by Gasteiger charge is 2.45. The van der Waals surface area contributed by atoms with Gasteiger partial charge in [0.05, 0.1) is 53.6 Å². The minimum Gasteiger partial charge on any atom is -0.275 e. The van der Waals surface area contributed by atoms with E-state index in [-0.39, 0.29) is 0 Å². The Labute approximate surface area is 251 Å². The van der Waals surface area contributed by atoms with Crippen LogP contribution in [0.3, 0.4) is 0 Å². The molecule has 1 aromatic heterocycles. The Kier molecular flexibility index (Phi) is 8.08. The number of pyridine rings is 1. The first-order valence-electron chi connectivity index (χ1n) is 11.6. The molecule has 0 N–H and O–H groups in total. The Morgan fingerprint density at radius 1 is 0.587 bits per heavy atom. The topological polar surface area (TPSA) is 121 Å². The highest BCUT2D eigenvalue weighted by atomic mass is 19.2. The van der Waals surface area contributed by atoms with Crippen LogP contribution in [0.1, 0.15) is 27.8 Å². The Balaban J connectivity index is 2.36.